The summed E-state index contributed by atoms with van der Waals surface area (Å²) >= 11 is 0. The molecule has 1 aromatic rings. The quantitative estimate of drug-likeness (QED) is 0.216. The first kappa shape index (κ1) is 18.7. The van der Waals surface area contributed by atoms with Crippen molar-refractivity contribution in [2.75, 3.05) is 7.11 Å². The molecule has 0 spiro atoms. The molecular weight excluding hydrogens is 288 g/mol. The zero-order valence-electron chi connectivity index (χ0n) is 10.7. The van der Waals surface area contributed by atoms with Crippen molar-refractivity contribution in [1.29, 1.82) is 0 Å². The van der Waals surface area contributed by atoms with E-state index in [-0.39, 0.29) is 35.1 Å². The monoisotopic (exact) mass is 296 g/mol. The van der Waals surface area contributed by atoms with Crippen molar-refractivity contribution in [3.05, 3.63) is 41.5 Å². The van der Waals surface area contributed by atoms with Crippen LogP contribution in [0.25, 0.3) is 5.76 Å². The molecule has 20 heavy (non-hydrogen) atoms. The fourth-order valence-electron chi connectivity index (χ4n) is 1.19. The van der Waals surface area contributed by atoms with E-state index >= 15 is 0 Å². The second-order valence-electron chi connectivity index (χ2n) is 3.44. The van der Waals surface area contributed by atoms with E-state index in [1.165, 1.54) is 0 Å². The molecule has 0 unspecified atom stereocenters. The summed E-state index contributed by atoms with van der Waals surface area (Å²) in [6.07, 6.45) is -4.04. The maximum Gasteiger partial charge on any atom is 1.00 e. The summed E-state index contributed by atoms with van der Waals surface area (Å²) < 4.78 is 40.9. The minimum Gasteiger partial charge on any atom is -0.872 e. The third kappa shape index (κ3) is 4.99. The summed E-state index contributed by atoms with van der Waals surface area (Å²) in [6, 6.07) is 3.27. The van der Waals surface area contributed by atoms with Gasteiger partial charge in [-0.1, -0.05) is 17.9 Å². The van der Waals surface area contributed by atoms with E-state index in [0.717, 1.165) is 19.2 Å². The Morgan fingerprint density at radius 2 is 1.70 bits per heavy atom. The average molecular weight is 296 g/mol. The first-order valence-corrected chi connectivity index (χ1v) is 4.94. The average Bonchev–Trinajstić information content (AvgIpc) is 2.36. The van der Waals surface area contributed by atoms with Crippen molar-refractivity contribution < 1.29 is 62.2 Å². The number of rotatable bonds is 3. The van der Waals surface area contributed by atoms with E-state index in [1.54, 1.807) is 0 Å². The fourth-order valence-corrected chi connectivity index (χ4v) is 1.19. The van der Waals surface area contributed by atoms with Crippen molar-refractivity contribution in [1.82, 2.24) is 0 Å². The molecule has 1 aromatic carbocycles. The molecule has 0 aliphatic heterocycles. The van der Waals surface area contributed by atoms with Crippen LogP contribution in [-0.4, -0.2) is 18.9 Å². The molecule has 0 saturated carbocycles. The molecule has 0 saturated heterocycles. The van der Waals surface area contributed by atoms with Crippen molar-refractivity contribution >= 4 is 17.5 Å². The molecule has 8 heteroatoms. The van der Waals surface area contributed by atoms with Gasteiger partial charge in [0.2, 0.25) is 0 Å². The molecule has 0 fully saturated rings. The Labute approximate surface area is 134 Å². The minimum absolute atomic E-state index is 0. The van der Waals surface area contributed by atoms with Gasteiger partial charge in [-0.2, -0.15) is 13.2 Å². The Bertz CT molecular complexity index is 520. The summed E-state index contributed by atoms with van der Waals surface area (Å²) in [5.41, 5.74) is -1.05. The Kier molecular flexibility index (Phi) is 6.98. The van der Waals surface area contributed by atoms with Crippen LogP contribution in [0.3, 0.4) is 0 Å². The molecule has 1 rings (SSSR count). The van der Waals surface area contributed by atoms with Crippen LogP contribution < -0.4 is 34.7 Å². The van der Waals surface area contributed by atoms with Crippen LogP contribution in [0.15, 0.2) is 30.3 Å². The Hall–Kier alpha value is -1.31. The predicted molar refractivity (Wildman–Crippen MR) is 56.4 cm³/mol. The zero-order valence-corrected chi connectivity index (χ0v) is 12.7. The first-order valence-electron chi connectivity index (χ1n) is 4.94. The number of hydrogen-bond donors (Lipinski definition) is 0. The summed E-state index contributed by atoms with van der Waals surface area (Å²) in [4.78, 5) is 21.8. The predicted octanol–water partition coefficient (Wildman–Crippen LogP) is -1.85. The molecule has 0 aliphatic carbocycles. The Morgan fingerprint density at radius 1 is 1.20 bits per heavy atom. The van der Waals surface area contributed by atoms with Crippen molar-refractivity contribution in [3.8, 4) is 0 Å². The number of ether oxygens (including phenoxy) is 1. The van der Waals surface area contributed by atoms with E-state index < -0.39 is 29.3 Å². The molecule has 0 heterocycles. The van der Waals surface area contributed by atoms with E-state index in [2.05, 4.69) is 4.74 Å². The van der Waals surface area contributed by atoms with Gasteiger partial charge >= 0.3 is 41.7 Å². The molecule has 0 N–H and O–H groups in total. The van der Waals surface area contributed by atoms with Gasteiger partial charge in [-0.25, -0.2) is 4.79 Å². The topological polar surface area (TPSA) is 66.4 Å². The molecule has 102 valence electrons. The van der Waals surface area contributed by atoms with Crippen LogP contribution in [-0.2, 0) is 20.5 Å². The third-order valence-corrected chi connectivity index (χ3v) is 2.15. The van der Waals surface area contributed by atoms with Crippen LogP contribution in [0.2, 0.25) is 0 Å². The van der Waals surface area contributed by atoms with Gasteiger partial charge in [-0.3, -0.25) is 4.79 Å². The molecule has 4 nitrogen and oxygen atoms in total. The zero-order chi connectivity index (χ0) is 14.6. The van der Waals surface area contributed by atoms with E-state index in [9.17, 15) is 27.9 Å². The van der Waals surface area contributed by atoms with Gasteiger partial charge in [0.1, 0.15) is 0 Å². The minimum atomic E-state index is -4.51. The van der Waals surface area contributed by atoms with Crippen molar-refractivity contribution in [3.63, 3.8) is 0 Å². The molecular formula is C12H8F3NaO4. The third-order valence-electron chi connectivity index (χ3n) is 2.15. The number of esters is 1. The van der Waals surface area contributed by atoms with E-state index in [0.29, 0.717) is 18.2 Å². The van der Waals surface area contributed by atoms with Gasteiger partial charge < -0.3 is 9.84 Å². The summed E-state index contributed by atoms with van der Waals surface area (Å²) in [7, 11) is 0.969. The second-order valence-corrected chi connectivity index (χ2v) is 3.44. The van der Waals surface area contributed by atoms with E-state index in [1.807, 2.05) is 0 Å². The maximum atomic E-state index is 12.3. The smallest absolute Gasteiger partial charge is 0.872 e. The van der Waals surface area contributed by atoms with Gasteiger partial charge in [0, 0.05) is 0 Å². The van der Waals surface area contributed by atoms with Crippen LogP contribution in [0, 0.1) is 0 Å². The number of halogens is 3. The summed E-state index contributed by atoms with van der Waals surface area (Å²) in [6.45, 7) is 0. The number of carbonyl (C=O) groups is 2. The van der Waals surface area contributed by atoms with Crippen molar-refractivity contribution in [2.45, 2.75) is 6.18 Å². The molecule has 0 atom stereocenters. The van der Waals surface area contributed by atoms with Gasteiger partial charge in [-0.05, 0) is 23.8 Å². The van der Waals surface area contributed by atoms with Crippen LogP contribution in [0.4, 0.5) is 13.2 Å². The number of methoxy groups -OCH3 is 1. The largest absolute Gasteiger partial charge is 1.00 e. The Balaban J connectivity index is 0.00000361. The molecule has 0 aliphatic rings. The van der Waals surface area contributed by atoms with Gasteiger partial charge in [0.15, 0.2) is 0 Å². The molecule has 0 aromatic heterocycles. The van der Waals surface area contributed by atoms with Crippen LogP contribution in [0.5, 0.6) is 0 Å². The fraction of sp³-hybridized carbons (Fsp3) is 0.167. The van der Waals surface area contributed by atoms with Crippen LogP contribution in [0.1, 0.15) is 11.1 Å². The molecule has 0 radical (unpaired) electrons. The number of benzene rings is 1. The Morgan fingerprint density at radius 3 is 2.10 bits per heavy atom. The second kappa shape index (κ2) is 7.47. The summed E-state index contributed by atoms with van der Waals surface area (Å²) in [5.74, 6) is -3.27. The van der Waals surface area contributed by atoms with Crippen molar-refractivity contribution in [2.24, 2.45) is 0 Å². The van der Waals surface area contributed by atoms with Gasteiger partial charge in [0.05, 0.1) is 12.7 Å². The first-order chi connectivity index (χ1) is 8.75. The number of carbonyl (C=O) groups excluding carboxylic acids is 2. The van der Waals surface area contributed by atoms with Crippen LogP contribution >= 0.6 is 0 Å². The number of hydrogen-bond acceptors (Lipinski definition) is 4. The number of alkyl halides is 3. The molecule has 0 bridgehead atoms. The molecule has 0 amide bonds. The summed E-state index contributed by atoms with van der Waals surface area (Å²) in [5, 5.41) is 11.5. The van der Waals surface area contributed by atoms with E-state index in [4.69, 9.17) is 0 Å². The normalized spacial score (nSPS) is 11.5. The van der Waals surface area contributed by atoms with Gasteiger partial charge in [0.25, 0.3) is 5.78 Å². The van der Waals surface area contributed by atoms with Gasteiger partial charge in [-0.15, -0.1) is 0 Å². The SMILES string of the molecule is COC(=O)C(=O)/C=C(\[O-])c1ccc(C(F)(F)F)cc1.[Na+]. The standard InChI is InChI=1S/C12H9F3O4.Na/c1-19-11(18)10(17)6-9(16)7-2-4-8(5-3-7)12(13,14)15;/h2-6,16H,1H3;/q;+1/p-1/b9-6-;. The number of ketones is 1. The maximum absolute atomic E-state index is 12.3.